The summed E-state index contributed by atoms with van der Waals surface area (Å²) in [4.78, 5) is 11.8. The van der Waals surface area contributed by atoms with Gasteiger partial charge in [-0.2, -0.15) is 0 Å². The summed E-state index contributed by atoms with van der Waals surface area (Å²) < 4.78 is 0. The van der Waals surface area contributed by atoms with Crippen molar-refractivity contribution in [3.63, 3.8) is 0 Å². The number of halogens is 1. The first-order chi connectivity index (χ1) is 8.00. The average molecular weight is 255 g/mol. The van der Waals surface area contributed by atoms with Gasteiger partial charge in [0.05, 0.1) is 5.92 Å². The van der Waals surface area contributed by atoms with E-state index < -0.39 is 0 Å². The van der Waals surface area contributed by atoms with Crippen molar-refractivity contribution in [1.82, 2.24) is 5.32 Å². The van der Waals surface area contributed by atoms with Crippen LogP contribution < -0.4 is 11.1 Å². The topological polar surface area (TPSA) is 55.1 Å². The molecule has 1 rings (SSSR count). The van der Waals surface area contributed by atoms with Crippen LogP contribution in [-0.2, 0) is 4.79 Å². The number of carbonyl (C=O) groups excluding carboxylic acids is 1. The Morgan fingerprint density at radius 2 is 2.18 bits per heavy atom. The van der Waals surface area contributed by atoms with Crippen LogP contribution >= 0.6 is 11.6 Å². The summed E-state index contributed by atoms with van der Waals surface area (Å²) in [6.45, 7) is 4.40. The summed E-state index contributed by atoms with van der Waals surface area (Å²) in [5, 5.41) is 3.52. The molecular formula is C13H19ClN2O. The highest BCUT2D eigenvalue weighted by Crippen LogP contribution is 2.19. The molecule has 94 valence electrons. The Labute approximate surface area is 107 Å². The van der Waals surface area contributed by atoms with Gasteiger partial charge in [-0.3, -0.25) is 4.79 Å². The smallest absolute Gasteiger partial charge is 0.227 e. The van der Waals surface area contributed by atoms with Gasteiger partial charge in [0, 0.05) is 17.6 Å². The molecule has 0 radical (unpaired) electrons. The SMILES string of the molecule is CC(N)CCNC(=O)C(C)c1cccc(Cl)c1. The Bertz CT molecular complexity index is 379. The third-order valence-corrected chi connectivity index (χ3v) is 2.88. The first-order valence-corrected chi connectivity index (χ1v) is 6.17. The molecule has 0 heterocycles. The summed E-state index contributed by atoms with van der Waals surface area (Å²) in [6.07, 6.45) is 0.786. The Hall–Kier alpha value is -1.06. The molecule has 0 aliphatic rings. The summed E-state index contributed by atoms with van der Waals surface area (Å²) in [5.41, 5.74) is 6.54. The van der Waals surface area contributed by atoms with E-state index >= 15 is 0 Å². The van der Waals surface area contributed by atoms with E-state index in [4.69, 9.17) is 17.3 Å². The zero-order valence-electron chi connectivity index (χ0n) is 10.2. The van der Waals surface area contributed by atoms with Crippen LogP contribution in [0.1, 0.15) is 31.7 Å². The molecule has 0 saturated heterocycles. The summed E-state index contributed by atoms with van der Waals surface area (Å²) in [5.74, 6) is -0.185. The second-order valence-electron chi connectivity index (χ2n) is 4.33. The molecule has 0 spiro atoms. The van der Waals surface area contributed by atoms with Gasteiger partial charge >= 0.3 is 0 Å². The number of rotatable bonds is 5. The van der Waals surface area contributed by atoms with Crippen molar-refractivity contribution >= 4 is 17.5 Å². The molecule has 0 bridgehead atoms. The van der Waals surface area contributed by atoms with Crippen molar-refractivity contribution in [3.05, 3.63) is 34.9 Å². The van der Waals surface area contributed by atoms with Crippen LogP contribution in [-0.4, -0.2) is 18.5 Å². The van der Waals surface area contributed by atoms with Gasteiger partial charge in [-0.1, -0.05) is 23.7 Å². The van der Waals surface area contributed by atoms with E-state index in [-0.39, 0.29) is 17.9 Å². The van der Waals surface area contributed by atoms with Gasteiger partial charge in [-0.15, -0.1) is 0 Å². The van der Waals surface area contributed by atoms with E-state index in [1.54, 1.807) is 6.07 Å². The fourth-order valence-corrected chi connectivity index (χ4v) is 1.70. The third-order valence-electron chi connectivity index (χ3n) is 2.64. The van der Waals surface area contributed by atoms with Crippen LogP contribution in [0.25, 0.3) is 0 Å². The number of benzene rings is 1. The molecule has 0 aliphatic carbocycles. The second kappa shape index (κ2) is 6.62. The molecule has 1 amide bonds. The lowest BCUT2D eigenvalue weighted by Gasteiger charge is -2.13. The number of amides is 1. The standard InChI is InChI=1S/C13H19ClN2O/c1-9(15)6-7-16-13(17)10(2)11-4-3-5-12(14)8-11/h3-5,8-10H,6-7,15H2,1-2H3,(H,16,17). The fraction of sp³-hybridized carbons (Fsp3) is 0.462. The van der Waals surface area contributed by atoms with Crippen LogP contribution in [0.3, 0.4) is 0 Å². The second-order valence-corrected chi connectivity index (χ2v) is 4.77. The summed E-state index contributed by atoms with van der Waals surface area (Å²) in [7, 11) is 0. The third kappa shape index (κ3) is 4.75. The number of nitrogens with two attached hydrogens (primary N) is 1. The van der Waals surface area contributed by atoms with E-state index in [1.807, 2.05) is 32.0 Å². The monoisotopic (exact) mass is 254 g/mol. The van der Waals surface area contributed by atoms with Crippen LogP contribution in [0.5, 0.6) is 0 Å². The minimum absolute atomic E-state index is 0.00733. The summed E-state index contributed by atoms with van der Waals surface area (Å²) >= 11 is 5.89. The lowest BCUT2D eigenvalue weighted by Crippen LogP contribution is -2.31. The molecule has 17 heavy (non-hydrogen) atoms. The number of nitrogens with one attached hydrogen (secondary N) is 1. The molecule has 2 unspecified atom stereocenters. The van der Waals surface area contributed by atoms with E-state index in [2.05, 4.69) is 5.32 Å². The van der Waals surface area contributed by atoms with Crippen molar-refractivity contribution in [2.45, 2.75) is 32.2 Å². The largest absolute Gasteiger partial charge is 0.356 e. The lowest BCUT2D eigenvalue weighted by atomic mass is 10.0. The maximum atomic E-state index is 11.8. The Balaban J connectivity index is 2.52. The molecule has 4 heteroatoms. The van der Waals surface area contributed by atoms with Crippen molar-refractivity contribution in [2.24, 2.45) is 5.73 Å². The fourth-order valence-electron chi connectivity index (χ4n) is 1.50. The highest BCUT2D eigenvalue weighted by molar-refractivity contribution is 6.30. The predicted octanol–water partition coefficient (Wildman–Crippen LogP) is 2.30. The molecule has 0 aromatic heterocycles. The Morgan fingerprint density at radius 3 is 2.76 bits per heavy atom. The highest BCUT2D eigenvalue weighted by atomic mass is 35.5. The van der Waals surface area contributed by atoms with Gasteiger partial charge in [-0.05, 0) is 38.0 Å². The van der Waals surface area contributed by atoms with Crippen LogP contribution in [0.4, 0.5) is 0 Å². The van der Waals surface area contributed by atoms with Crippen molar-refractivity contribution in [2.75, 3.05) is 6.54 Å². The average Bonchev–Trinajstić information content (AvgIpc) is 2.27. The highest BCUT2D eigenvalue weighted by Gasteiger charge is 2.14. The van der Waals surface area contributed by atoms with Crippen LogP contribution in [0.15, 0.2) is 24.3 Å². The van der Waals surface area contributed by atoms with Gasteiger partial charge in [0.1, 0.15) is 0 Å². The Morgan fingerprint density at radius 1 is 1.47 bits per heavy atom. The maximum absolute atomic E-state index is 11.8. The van der Waals surface area contributed by atoms with Gasteiger partial charge in [-0.25, -0.2) is 0 Å². The molecule has 0 fully saturated rings. The normalized spacial score (nSPS) is 14.1. The minimum Gasteiger partial charge on any atom is -0.356 e. The molecule has 2 atom stereocenters. The van der Waals surface area contributed by atoms with Gasteiger partial charge < -0.3 is 11.1 Å². The molecular weight excluding hydrogens is 236 g/mol. The zero-order valence-corrected chi connectivity index (χ0v) is 11.0. The van der Waals surface area contributed by atoms with Crippen molar-refractivity contribution in [1.29, 1.82) is 0 Å². The first-order valence-electron chi connectivity index (χ1n) is 5.79. The van der Waals surface area contributed by atoms with Gasteiger partial charge in [0.2, 0.25) is 5.91 Å². The molecule has 1 aromatic carbocycles. The molecule has 0 saturated carbocycles. The van der Waals surface area contributed by atoms with Gasteiger partial charge in [0.15, 0.2) is 0 Å². The molecule has 1 aromatic rings. The minimum atomic E-state index is -0.193. The molecule has 3 N–H and O–H groups in total. The Kier molecular flexibility index (Phi) is 5.45. The van der Waals surface area contributed by atoms with Gasteiger partial charge in [0.25, 0.3) is 0 Å². The lowest BCUT2D eigenvalue weighted by molar-refractivity contribution is -0.122. The zero-order chi connectivity index (χ0) is 12.8. The van der Waals surface area contributed by atoms with Crippen molar-refractivity contribution < 1.29 is 4.79 Å². The van der Waals surface area contributed by atoms with E-state index in [9.17, 15) is 4.79 Å². The summed E-state index contributed by atoms with van der Waals surface area (Å²) in [6, 6.07) is 7.48. The number of hydrogen-bond donors (Lipinski definition) is 2. The van der Waals surface area contributed by atoms with Crippen molar-refractivity contribution in [3.8, 4) is 0 Å². The quantitative estimate of drug-likeness (QED) is 0.847. The van der Waals surface area contributed by atoms with Crippen LogP contribution in [0.2, 0.25) is 5.02 Å². The predicted molar refractivity (Wildman–Crippen MR) is 71.1 cm³/mol. The maximum Gasteiger partial charge on any atom is 0.227 e. The van der Waals surface area contributed by atoms with E-state index in [0.29, 0.717) is 11.6 Å². The van der Waals surface area contributed by atoms with E-state index in [1.165, 1.54) is 0 Å². The molecule has 0 aliphatic heterocycles. The molecule has 3 nitrogen and oxygen atoms in total. The van der Waals surface area contributed by atoms with Crippen LogP contribution in [0, 0.1) is 0 Å². The first kappa shape index (κ1) is 14.0. The number of carbonyl (C=O) groups is 1. The van der Waals surface area contributed by atoms with E-state index in [0.717, 1.165) is 12.0 Å². The number of hydrogen-bond acceptors (Lipinski definition) is 2.